The third kappa shape index (κ3) is 5.46. The second-order valence-electron chi connectivity index (χ2n) is 9.00. The molecule has 2 saturated heterocycles. The number of benzene rings is 2. The number of rotatable bonds is 6. The van der Waals surface area contributed by atoms with Gasteiger partial charge in [-0.25, -0.2) is 0 Å². The number of piperazine rings is 1. The van der Waals surface area contributed by atoms with Crippen LogP contribution < -0.4 is 0 Å². The van der Waals surface area contributed by atoms with E-state index in [2.05, 4.69) is 71.3 Å². The van der Waals surface area contributed by atoms with Gasteiger partial charge in [0.25, 0.3) is 5.91 Å². The maximum Gasteiger partial charge on any atom is 0.266 e. The van der Waals surface area contributed by atoms with Gasteiger partial charge < -0.3 is 9.80 Å². The molecule has 0 bridgehead atoms. The van der Waals surface area contributed by atoms with E-state index >= 15 is 0 Å². The van der Waals surface area contributed by atoms with Crippen molar-refractivity contribution in [2.45, 2.75) is 44.7 Å². The molecule has 5 heteroatoms. The van der Waals surface area contributed by atoms with Gasteiger partial charge in [0.1, 0.15) is 11.6 Å². The molecule has 2 fully saturated rings. The summed E-state index contributed by atoms with van der Waals surface area (Å²) < 4.78 is 0. The molecule has 0 radical (unpaired) electrons. The molecule has 172 valence electrons. The third-order valence-electron chi connectivity index (χ3n) is 6.99. The van der Waals surface area contributed by atoms with Crippen LogP contribution in [0.25, 0.3) is 0 Å². The standard InChI is InChI=1S/C28H34N4O/c1-2-26-15-9-10-16-32(26)22-25(21-29)28(33)31-19-17-30(18-20-31)27(23-11-5-3-6-12-23)24-13-7-4-8-14-24/h3-8,11-14,22,26-27H,2,9-10,15-20H2,1H3/b25-22-. The summed E-state index contributed by atoms with van der Waals surface area (Å²) in [5.74, 6) is -0.131. The van der Waals surface area contributed by atoms with Gasteiger partial charge in [-0.2, -0.15) is 5.26 Å². The van der Waals surface area contributed by atoms with E-state index < -0.39 is 0 Å². The average molecular weight is 443 g/mol. The van der Waals surface area contributed by atoms with Gasteiger partial charge in [0.2, 0.25) is 0 Å². The molecule has 0 saturated carbocycles. The molecule has 2 heterocycles. The Morgan fingerprint density at radius 3 is 2.12 bits per heavy atom. The molecule has 1 unspecified atom stereocenters. The molecule has 0 N–H and O–H groups in total. The van der Waals surface area contributed by atoms with Crippen molar-refractivity contribution < 1.29 is 4.79 Å². The van der Waals surface area contributed by atoms with Crippen molar-refractivity contribution in [3.8, 4) is 6.07 Å². The predicted octanol–water partition coefficient (Wildman–Crippen LogP) is 4.59. The number of amides is 1. The zero-order valence-corrected chi connectivity index (χ0v) is 19.6. The molecule has 2 aliphatic heterocycles. The van der Waals surface area contributed by atoms with Crippen LogP contribution in [0.3, 0.4) is 0 Å². The fourth-order valence-corrected chi connectivity index (χ4v) is 5.17. The Labute approximate surface area is 197 Å². The van der Waals surface area contributed by atoms with E-state index in [9.17, 15) is 10.1 Å². The summed E-state index contributed by atoms with van der Waals surface area (Å²) in [7, 11) is 0. The fraction of sp³-hybridized carbons (Fsp3) is 0.429. The lowest BCUT2D eigenvalue weighted by atomic mass is 9.96. The number of nitriles is 1. The van der Waals surface area contributed by atoms with Gasteiger partial charge in [0.15, 0.2) is 0 Å². The molecule has 1 atom stereocenters. The number of likely N-dealkylation sites (tertiary alicyclic amines) is 1. The first-order valence-electron chi connectivity index (χ1n) is 12.2. The Balaban J connectivity index is 1.46. The van der Waals surface area contributed by atoms with Crippen LogP contribution in [0, 0.1) is 11.3 Å². The van der Waals surface area contributed by atoms with Crippen molar-refractivity contribution in [1.82, 2.24) is 14.7 Å². The van der Waals surface area contributed by atoms with Crippen LogP contribution in [0.1, 0.15) is 49.8 Å². The van der Waals surface area contributed by atoms with Crippen molar-refractivity contribution in [3.05, 3.63) is 83.6 Å². The second kappa shape index (κ2) is 11.2. The minimum atomic E-state index is -0.131. The molecule has 1 amide bonds. The quantitative estimate of drug-likeness (QED) is 0.485. The maximum absolute atomic E-state index is 13.2. The smallest absolute Gasteiger partial charge is 0.266 e. The number of piperidine rings is 1. The molecule has 4 rings (SSSR count). The number of nitrogens with zero attached hydrogens (tertiary/aromatic N) is 4. The molecule has 33 heavy (non-hydrogen) atoms. The Morgan fingerprint density at radius 1 is 0.970 bits per heavy atom. The van der Waals surface area contributed by atoms with Crippen LogP contribution in [0.5, 0.6) is 0 Å². The van der Waals surface area contributed by atoms with Gasteiger partial charge in [-0.05, 0) is 36.8 Å². The largest absolute Gasteiger partial charge is 0.373 e. The highest BCUT2D eigenvalue weighted by atomic mass is 16.2. The summed E-state index contributed by atoms with van der Waals surface area (Å²) in [6.45, 7) is 5.93. The molecule has 5 nitrogen and oxygen atoms in total. The summed E-state index contributed by atoms with van der Waals surface area (Å²) in [5, 5.41) is 9.75. The van der Waals surface area contributed by atoms with Crippen LogP contribution >= 0.6 is 0 Å². The minimum absolute atomic E-state index is 0.131. The SMILES string of the molecule is CCC1CCCCN1/C=C(/C#N)C(=O)N1CCN(C(c2ccccc2)c2ccccc2)CC1. The summed E-state index contributed by atoms with van der Waals surface area (Å²) in [6, 6.07) is 23.9. The summed E-state index contributed by atoms with van der Waals surface area (Å²) in [6.07, 6.45) is 6.36. The van der Waals surface area contributed by atoms with E-state index in [1.165, 1.54) is 17.5 Å². The highest BCUT2D eigenvalue weighted by Gasteiger charge is 2.30. The van der Waals surface area contributed by atoms with Gasteiger partial charge in [-0.1, -0.05) is 67.6 Å². The average Bonchev–Trinajstić information content (AvgIpc) is 2.89. The second-order valence-corrected chi connectivity index (χ2v) is 9.00. The third-order valence-corrected chi connectivity index (χ3v) is 6.99. The lowest BCUT2D eigenvalue weighted by Gasteiger charge is -2.40. The molecule has 0 spiro atoms. The van der Waals surface area contributed by atoms with Crippen molar-refractivity contribution >= 4 is 5.91 Å². The molecule has 2 aliphatic rings. The Bertz CT molecular complexity index is 934. The van der Waals surface area contributed by atoms with Crippen molar-refractivity contribution in [2.75, 3.05) is 32.7 Å². The summed E-state index contributed by atoms with van der Waals surface area (Å²) in [5.41, 5.74) is 2.79. The van der Waals surface area contributed by atoms with Crippen LogP contribution in [0.4, 0.5) is 0 Å². The van der Waals surface area contributed by atoms with Crippen LogP contribution in [-0.2, 0) is 4.79 Å². The van der Waals surface area contributed by atoms with Crippen LogP contribution in [-0.4, -0.2) is 59.4 Å². The first-order chi connectivity index (χ1) is 16.2. The number of hydrogen-bond donors (Lipinski definition) is 0. The van der Waals surface area contributed by atoms with Gasteiger partial charge in [-0.15, -0.1) is 0 Å². The Hall–Kier alpha value is -3.10. The first kappa shape index (κ1) is 23.1. The van der Waals surface area contributed by atoms with Gasteiger partial charge in [0.05, 0.1) is 6.04 Å². The minimum Gasteiger partial charge on any atom is -0.373 e. The molecule has 2 aromatic carbocycles. The molecule has 2 aromatic rings. The number of carbonyl (C=O) groups is 1. The Kier molecular flexibility index (Phi) is 7.80. The van der Waals surface area contributed by atoms with E-state index in [1.807, 2.05) is 23.2 Å². The van der Waals surface area contributed by atoms with E-state index in [0.29, 0.717) is 19.1 Å². The zero-order chi connectivity index (χ0) is 23.0. The molecule has 0 aliphatic carbocycles. The van der Waals surface area contributed by atoms with Crippen molar-refractivity contribution in [2.24, 2.45) is 0 Å². The normalized spacial score (nSPS) is 20.0. The van der Waals surface area contributed by atoms with Gasteiger partial charge >= 0.3 is 0 Å². The zero-order valence-electron chi connectivity index (χ0n) is 19.6. The van der Waals surface area contributed by atoms with Gasteiger partial charge in [-0.3, -0.25) is 9.69 Å². The fourth-order valence-electron chi connectivity index (χ4n) is 5.17. The molecular formula is C28H34N4O. The topological polar surface area (TPSA) is 50.6 Å². The maximum atomic E-state index is 13.2. The van der Waals surface area contributed by atoms with Crippen molar-refractivity contribution in [1.29, 1.82) is 5.26 Å². The van der Waals surface area contributed by atoms with E-state index in [0.717, 1.165) is 38.9 Å². The highest BCUT2D eigenvalue weighted by molar-refractivity contribution is 5.97. The van der Waals surface area contributed by atoms with Crippen LogP contribution in [0.15, 0.2) is 72.4 Å². The van der Waals surface area contributed by atoms with Crippen molar-refractivity contribution in [3.63, 3.8) is 0 Å². The summed E-state index contributed by atoms with van der Waals surface area (Å²) in [4.78, 5) is 19.7. The highest BCUT2D eigenvalue weighted by Crippen LogP contribution is 2.29. The predicted molar refractivity (Wildman–Crippen MR) is 131 cm³/mol. The van der Waals surface area contributed by atoms with E-state index in [1.54, 1.807) is 0 Å². The lowest BCUT2D eigenvalue weighted by Crippen LogP contribution is -2.50. The van der Waals surface area contributed by atoms with Gasteiger partial charge in [0, 0.05) is 45.0 Å². The monoisotopic (exact) mass is 442 g/mol. The number of carbonyl (C=O) groups excluding carboxylic acids is 1. The van der Waals surface area contributed by atoms with E-state index in [4.69, 9.17) is 0 Å². The first-order valence-corrected chi connectivity index (χ1v) is 12.2. The van der Waals surface area contributed by atoms with Crippen LogP contribution in [0.2, 0.25) is 0 Å². The molecular weight excluding hydrogens is 408 g/mol. The molecule has 0 aromatic heterocycles. The van der Waals surface area contributed by atoms with E-state index in [-0.39, 0.29) is 17.5 Å². The summed E-state index contributed by atoms with van der Waals surface area (Å²) >= 11 is 0. The number of hydrogen-bond acceptors (Lipinski definition) is 4. The Morgan fingerprint density at radius 2 is 1.58 bits per heavy atom. The lowest BCUT2D eigenvalue weighted by molar-refractivity contribution is -0.128.